The first-order valence-corrected chi connectivity index (χ1v) is 10.9. The van der Waals surface area contributed by atoms with Crippen LogP contribution in [0.3, 0.4) is 0 Å². The van der Waals surface area contributed by atoms with E-state index in [1.807, 2.05) is 41.9 Å². The minimum atomic E-state index is -0.600. The van der Waals surface area contributed by atoms with Crippen molar-refractivity contribution in [1.82, 2.24) is 9.78 Å². The fourth-order valence-corrected chi connectivity index (χ4v) is 4.42. The number of carbonyl (C=O) groups excluding carboxylic acids is 2. The highest BCUT2D eigenvalue weighted by Gasteiger charge is 2.19. The van der Waals surface area contributed by atoms with Crippen LogP contribution in [0, 0.1) is 24.0 Å². The summed E-state index contributed by atoms with van der Waals surface area (Å²) in [6.07, 6.45) is 0. The molecule has 2 heterocycles. The molecule has 2 aromatic carbocycles. The second-order valence-electron chi connectivity index (χ2n) is 7.44. The molecule has 4 rings (SSSR count). The molecular weight excluding hydrogens is 444 g/mol. The van der Waals surface area contributed by atoms with E-state index in [4.69, 9.17) is 4.74 Å². The summed E-state index contributed by atoms with van der Waals surface area (Å²) in [6.45, 7) is 3.63. The first-order chi connectivity index (χ1) is 15.8. The molecule has 168 valence electrons. The number of hydrogen-bond donors (Lipinski definition) is 1. The van der Waals surface area contributed by atoms with E-state index in [0.29, 0.717) is 22.7 Å². The lowest BCUT2D eigenvalue weighted by Gasteiger charge is -2.08. The molecule has 0 unspecified atom stereocenters. The number of nitro groups is 1. The van der Waals surface area contributed by atoms with Gasteiger partial charge in [-0.1, -0.05) is 30.3 Å². The summed E-state index contributed by atoms with van der Waals surface area (Å²) in [5, 5.41) is 18.9. The quantitative estimate of drug-likeness (QED) is 0.245. The van der Waals surface area contributed by atoms with Gasteiger partial charge in [0.25, 0.3) is 11.6 Å². The standard InChI is InChI=1S/C23H20N4O5S/c1-14-10-17(27(30)31)8-9-19(14)24-21(28)13-32-23(29)20-11-18-15(2)25-26(22(18)33-20)12-16-6-4-3-5-7-16/h3-11H,12-13H2,1-2H3,(H,24,28). The van der Waals surface area contributed by atoms with Gasteiger partial charge in [-0.2, -0.15) is 5.10 Å². The Morgan fingerprint density at radius 1 is 1.15 bits per heavy atom. The molecule has 1 amide bonds. The van der Waals surface area contributed by atoms with Gasteiger partial charge in [-0.05, 0) is 37.1 Å². The number of ether oxygens (including phenoxy) is 1. The van der Waals surface area contributed by atoms with E-state index in [1.54, 1.807) is 13.0 Å². The molecule has 0 saturated carbocycles. The Morgan fingerprint density at radius 3 is 2.61 bits per heavy atom. The van der Waals surface area contributed by atoms with Crippen LogP contribution in [0.1, 0.15) is 26.5 Å². The Balaban J connectivity index is 1.41. The van der Waals surface area contributed by atoms with E-state index < -0.39 is 23.4 Å². The van der Waals surface area contributed by atoms with Crippen molar-refractivity contribution in [3.8, 4) is 0 Å². The van der Waals surface area contributed by atoms with Gasteiger partial charge in [-0.3, -0.25) is 19.6 Å². The third kappa shape index (κ3) is 4.90. The van der Waals surface area contributed by atoms with Crippen molar-refractivity contribution in [2.24, 2.45) is 0 Å². The molecule has 4 aromatic rings. The number of nitrogens with one attached hydrogen (secondary N) is 1. The Bertz CT molecular complexity index is 1360. The number of anilines is 1. The smallest absolute Gasteiger partial charge is 0.348 e. The van der Waals surface area contributed by atoms with Crippen LogP contribution in [0.4, 0.5) is 11.4 Å². The number of aryl methyl sites for hydroxylation is 2. The van der Waals surface area contributed by atoms with Crippen molar-refractivity contribution in [3.05, 3.63) is 86.4 Å². The van der Waals surface area contributed by atoms with Gasteiger partial charge in [0.2, 0.25) is 0 Å². The van der Waals surface area contributed by atoms with Gasteiger partial charge in [-0.15, -0.1) is 11.3 Å². The van der Waals surface area contributed by atoms with Crippen molar-refractivity contribution in [3.63, 3.8) is 0 Å². The summed E-state index contributed by atoms with van der Waals surface area (Å²) >= 11 is 1.26. The Hall–Kier alpha value is -4.05. The van der Waals surface area contributed by atoms with Crippen LogP contribution in [0.2, 0.25) is 0 Å². The fraction of sp³-hybridized carbons (Fsp3) is 0.174. The summed E-state index contributed by atoms with van der Waals surface area (Å²) in [5.41, 5.74) is 2.79. The predicted molar refractivity (Wildman–Crippen MR) is 125 cm³/mol. The summed E-state index contributed by atoms with van der Waals surface area (Å²) in [5.74, 6) is -1.13. The molecule has 0 fully saturated rings. The Kier molecular flexibility index (Phi) is 6.18. The monoisotopic (exact) mass is 464 g/mol. The van der Waals surface area contributed by atoms with Crippen molar-refractivity contribution < 1.29 is 19.2 Å². The molecule has 0 aliphatic rings. The van der Waals surface area contributed by atoms with Crippen LogP contribution in [0.5, 0.6) is 0 Å². The number of amides is 1. The highest BCUT2D eigenvalue weighted by molar-refractivity contribution is 7.20. The summed E-state index contributed by atoms with van der Waals surface area (Å²) in [6, 6.07) is 15.7. The first-order valence-electron chi connectivity index (χ1n) is 10.0. The second kappa shape index (κ2) is 9.21. The van der Waals surface area contributed by atoms with Crippen molar-refractivity contribution in [2.45, 2.75) is 20.4 Å². The number of aromatic nitrogens is 2. The van der Waals surface area contributed by atoms with Crippen LogP contribution < -0.4 is 5.32 Å². The van der Waals surface area contributed by atoms with E-state index in [1.165, 1.54) is 29.5 Å². The number of thiophene rings is 1. The topological polar surface area (TPSA) is 116 Å². The maximum absolute atomic E-state index is 12.5. The number of esters is 1. The van der Waals surface area contributed by atoms with Gasteiger partial charge < -0.3 is 10.1 Å². The number of rotatable bonds is 7. The zero-order valence-corrected chi connectivity index (χ0v) is 18.7. The molecule has 10 heteroatoms. The molecule has 0 atom stereocenters. The highest BCUT2D eigenvalue weighted by Crippen LogP contribution is 2.29. The Morgan fingerprint density at radius 2 is 1.91 bits per heavy atom. The number of fused-ring (bicyclic) bond motifs is 1. The third-order valence-electron chi connectivity index (χ3n) is 5.01. The maximum atomic E-state index is 12.5. The van der Waals surface area contributed by atoms with Gasteiger partial charge in [0, 0.05) is 23.2 Å². The van der Waals surface area contributed by atoms with Gasteiger partial charge in [0.1, 0.15) is 9.71 Å². The summed E-state index contributed by atoms with van der Waals surface area (Å²) in [7, 11) is 0. The van der Waals surface area contributed by atoms with Gasteiger partial charge in [0.15, 0.2) is 6.61 Å². The number of hydrogen-bond acceptors (Lipinski definition) is 7. The SMILES string of the molecule is Cc1cc([N+](=O)[O-])ccc1NC(=O)COC(=O)c1cc2c(C)nn(Cc3ccccc3)c2s1. The summed E-state index contributed by atoms with van der Waals surface area (Å²) in [4.78, 5) is 36.3. The van der Waals surface area contributed by atoms with E-state index in [-0.39, 0.29) is 5.69 Å². The van der Waals surface area contributed by atoms with Crippen LogP contribution in [-0.2, 0) is 16.1 Å². The molecule has 1 N–H and O–H groups in total. The van der Waals surface area contributed by atoms with Gasteiger partial charge >= 0.3 is 5.97 Å². The molecule has 0 saturated heterocycles. The number of benzene rings is 2. The molecule has 33 heavy (non-hydrogen) atoms. The zero-order valence-electron chi connectivity index (χ0n) is 17.9. The van der Waals surface area contributed by atoms with E-state index in [9.17, 15) is 19.7 Å². The van der Waals surface area contributed by atoms with E-state index in [0.717, 1.165) is 21.5 Å². The van der Waals surface area contributed by atoms with Crippen molar-refractivity contribution in [1.29, 1.82) is 0 Å². The molecule has 0 radical (unpaired) electrons. The van der Waals surface area contributed by atoms with Crippen LogP contribution in [0.15, 0.2) is 54.6 Å². The zero-order chi connectivity index (χ0) is 23.5. The van der Waals surface area contributed by atoms with Crippen LogP contribution in [0.25, 0.3) is 10.2 Å². The minimum Gasteiger partial charge on any atom is -0.451 e. The van der Waals surface area contributed by atoms with Crippen molar-refractivity contribution >= 4 is 44.8 Å². The molecule has 0 bridgehead atoms. The highest BCUT2D eigenvalue weighted by atomic mass is 32.1. The molecule has 0 spiro atoms. The van der Waals surface area contributed by atoms with E-state index in [2.05, 4.69) is 10.4 Å². The average Bonchev–Trinajstić information content (AvgIpc) is 3.35. The average molecular weight is 465 g/mol. The largest absolute Gasteiger partial charge is 0.451 e. The van der Waals surface area contributed by atoms with E-state index >= 15 is 0 Å². The third-order valence-corrected chi connectivity index (χ3v) is 6.14. The Labute approximate surface area is 192 Å². The first kappa shape index (κ1) is 22.2. The molecular formula is C23H20N4O5S. The second-order valence-corrected chi connectivity index (χ2v) is 8.47. The predicted octanol–water partition coefficient (Wildman–Crippen LogP) is 4.47. The van der Waals surface area contributed by atoms with Crippen LogP contribution in [-0.4, -0.2) is 33.2 Å². The number of non-ortho nitro benzene ring substituents is 1. The number of nitro benzene ring substituents is 1. The lowest BCUT2D eigenvalue weighted by molar-refractivity contribution is -0.384. The molecule has 9 nitrogen and oxygen atoms in total. The van der Waals surface area contributed by atoms with Gasteiger partial charge in [-0.25, -0.2) is 4.79 Å². The van der Waals surface area contributed by atoms with Crippen LogP contribution >= 0.6 is 11.3 Å². The van der Waals surface area contributed by atoms with Crippen molar-refractivity contribution in [2.75, 3.05) is 11.9 Å². The molecule has 0 aliphatic heterocycles. The normalized spacial score (nSPS) is 10.8. The maximum Gasteiger partial charge on any atom is 0.348 e. The molecule has 2 aromatic heterocycles. The molecule has 0 aliphatic carbocycles. The minimum absolute atomic E-state index is 0.0668. The fourth-order valence-electron chi connectivity index (χ4n) is 3.37. The number of nitrogens with zero attached hydrogens (tertiary/aromatic N) is 3. The lowest BCUT2D eigenvalue weighted by Crippen LogP contribution is -2.21. The van der Waals surface area contributed by atoms with Gasteiger partial charge in [0.05, 0.1) is 17.2 Å². The lowest BCUT2D eigenvalue weighted by atomic mass is 10.2. The summed E-state index contributed by atoms with van der Waals surface area (Å²) < 4.78 is 7.04. The number of carbonyl (C=O) groups is 2.